The zero-order valence-electron chi connectivity index (χ0n) is 17.7. The number of rotatable bonds is 4. The van der Waals surface area contributed by atoms with E-state index in [2.05, 4.69) is 28.9 Å². The fourth-order valence-electron chi connectivity index (χ4n) is 3.89. The summed E-state index contributed by atoms with van der Waals surface area (Å²) in [7, 11) is 4.12. The predicted molar refractivity (Wildman–Crippen MR) is 120 cm³/mol. The molecule has 30 heavy (non-hydrogen) atoms. The Morgan fingerprint density at radius 1 is 0.833 bits per heavy atom. The van der Waals surface area contributed by atoms with Crippen molar-refractivity contribution in [3.8, 4) is 0 Å². The van der Waals surface area contributed by atoms with Gasteiger partial charge in [0.2, 0.25) is 11.8 Å². The minimum absolute atomic E-state index is 0.0910. The predicted octanol–water partition coefficient (Wildman–Crippen LogP) is 1.24. The number of likely N-dealkylation sites (N-methyl/N-ethyl adjacent to an activating group) is 2. The highest BCUT2D eigenvalue weighted by Gasteiger charge is 2.37. The van der Waals surface area contributed by atoms with Gasteiger partial charge in [0.15, 0.2) is 5.25 Å². The highest BCUT2D eigenvalue weighted by Crippen LogP contribution is 2.31. The molecule has 3 heterocycles. The average Bonchev–Trinajstić information content (AvgIpc) is 2.77. The first kappa shape index (κ1) is 21.1. The summed E-state index contributed by atoms with van der Waals surface area (Å²) in [5, 5.41) is 1.98. The van der Waals surface area contributed by atoms with E-state index in [1.165, 1.54) is 11.8 Å². The van der Waals surface area contributed by atoms with Crippen molar-refractivity contribution in [1.82, 2.24) is 24.6 Å². The van der Waals surface area contributed by atoms with Crippen molar-refractivity contribution in [3.05, 3.63) is 36.5 Å². The fraction of sp³-hybridized carbons (Fsp3) is 0.500. The Hall–Kier alpha value is -2.16. The van der Waals surface area contributed by atoms with Crippen molar-refractivity contribution in [3.63, 3.8) is 0 Å². The molecule has 7 nitrogen and oxygen atoms in total. The topological polar surface area (TPSA) is 60.0 Å². The van der Waals surface area contributed by atoms with Crippen LogP contribution < -0.4 is 0 Å². The molecule has 0 saturated carbocycles. The van der Waals surface area contributed by atoms with Crippen molar-refractivity contribution >= 4 is 34.3 Å². The number of pyridine rings is 1. The molecule has 4 rings (SSSR count). The molecule has 0 aliphatic carbocycles. The molecule has 2 aliphatic heterocycles. The van der Waals surface area contributed by atoms with E-state index in [9.17, 15) is 9.59 Å². The van der Waals surface area contributed by atoms with E-state index in [1.54, 1.807) is 6.20 Å². The number of amides is 2. The Labute approximate surface area is 182 Å². The number of carbonyl (C=O) groups excluding carboxylic acids is 2. The second-order valence-corrected chi connectivity index (χ2v) is 9.19. The third-order valence-corrected chi connectivity index (χ3v) is 7.13. The van der Waals surface area contributed by atoms with E-state index in [0.29, 0.717) is 26.2 Å². The highest BCUT2D eigenvalue weighted by atomic mass is 32.2. The van der Waals surface area contributed by atoms with Crippen molar-refractivity contribution in [1.29, 1.82) is 0 Å². The van der Waals surface area contributed by atoms with E-state index < -0.39 is 5.25 Å². The van der Waals surface area contributed by atoms with E-state index in [-0.39, 0.29) is 11.8 Å². The van der Waals surface area contributed by atoms with Gasteiger partial charge in [-0.1, -0.05) is 36.0 Å². The summed E-state index contributed by atoms with van der Waals surface area (Å²) >= 11 is 1.30. The van der Waals surface area contributed by atoms with Crippen LogP contribution in [0.5, 0.6) is 0 Å². The monoisotopic (exact) mass is 427 g/mol. The lowest BCUT2D eigenvalue weighted by atomic mass is 10.2. The van der Waals surface area contributed by atoms with Crippen LogP contribution in [0.1, 0.15) is 0 Å². The smallest absolute Gasteiger partial charge is 0.245 e. The lowest BCUT2D eigenvalue weighted by Crippen LogP contribution is -2.55. The normalized spacial score (nSPS) is 18.9. The third-order valence-electron chi connectivity index (χ3n) is 5.95. The Morgan fingerprint density at radius 2 is 1.37 bits per heavy atom. The summed E-state index contributed by atoms with van der Waals surface area (Å²) in [4.78, 5) is 39.6. The number of hydrogen-bond donors (Lipinski definition) is 0. The first-order valence-corrected chi connectivity index (χ1v) is 11.4. The first-order valence-electron chi connectivity index (χ1n) is 10.5. The summed E-state index contributed by atoms with van der Waals surface area (Å²) in [6, 6.07) is 9.94. The molecule has 2 amide bonds. The molecular formula is C22H29N5O2S. The first-order chi connectivity index (χ1) is 14.5. The number of piperazine rings is 2. The van der Waals surface area contributed by atoms with Gasteiger partial charge in [-0.25, -0.2) is 4.98 Å². The number of hydrogen-bond acceptors (Lipinski definition) is 6. The van der Waals surface area contributed by atoms with Gasteiger partial charge >= 0.3 is 0 Å². The van der Waals surface area contributed by atoms with Crippen molar-refractivity contribution < 1.29 is 9.59 Å². The average molecular weight is 428 g/mol. The standard InChI is InChI=1S/C22H29N5O2S/c1-24-9-13-26(14-10-24)21(28)19(22(29)27-15-11-25(2)12-16-27)30-20-18-6-4-3-5-17(18)7-8-23-20/h3-8,19H,9-16H2,1-2H3. The molecule has 1 aromatic carbocycles. The molecule has 2 fully saturated rings. The Bertz CT molecular complexity index is 868. The van der Waals surface area contributed by atoms with Crippen LogP contribution in [0.15, 0.2) is 41.6 Å². The van der Waals surface area contributed by atoms with Gasteiger partial charge in [0.05, 0.1) is 0 Å². The molecule has 2 aliphatic rings. The van der Waals surface area contributed by atoms with Crippen LogP contribution in [0, 0.1) is 0 Å². The van der Waals surface area contributed by atoms with Crippen LogP contribution in [-0.4, -0.2) is 108 Å². The summed E-state index contributed by atoms with van der Waals surface area (Å²) < 4.78 is 0. The van der Waals surface area contributed by atoms with Crippen LogP contribution >= 0.6 is 11.8 Å². The summed E-state index contributed by atoms with van der Waals surface area (Å²) in [6.07, 6.45) is 1.75. The zero-order chi connectivity index (χ0) is 21.1. The Kier molecular flexibility index (Phi) is 6.55. The van der Waals surface area contributed by atoms with Gasteiger partial charge in [0.25, 0.3) is 0 Å². The van der Waals surface area contributed by atoms with Gasteiger partial charge in [-0.3, -0.25) is 9.59 Å². The molecule has 1 aromatic heterocycles. The lowest BCUT2D eigenvalue weighted by Gasteiger charge is -2.37. The van der Waals surface area contributed by atoms with Gasteiger partial charge in [-0.2, -0.15) is 0 Å². The van der Waals surface area contributed by atoms with E-state index in [4.69, 9.17) is 0 Å². The maximum absolute atomic E-state index is 13.5. The number of thioether (sulfide) groups is 1. The Balaban J connectivity index is 1.61. The quantitative estimate of drug-likeness (QED) is 0.541. The van der Waals surface area contributed by atoms with Crippen molar-refractivity contribution in [2.45, 2.75) is 10.3 Å². The second kappa shape index (κ2) is 9.32. The molecule has 0 radical (unpaired) electrons. The van der Waals surface area contributed by atoms with Crippen molar-refractivity contribution in [2.24, 2.45) is 0 Å². The Morgan fingerprint density at radius 3 is 1.93 bits per heavy atom. The molecular weight excluding hydrogens is 398 g/mol. The lowest BCUT2D eigenvalue weighted by molar-refractivity contribution is -0.141. The minimum atomic E-state index is -0.796. The number of aromatic nitrogens is 1. The van der Waals surface area contributed by atoms with Crippen molar-refractivity contribution in [2.75, 3.05) is 66.5 Å². The molecule has 0 N–H and O–H groups in total. The van der Waals surface area contributed by atoms with E-state index >= 15 is 0 Å². The maximum Gasteiger partial charge on any atom is 0.245 e. The largest absolute Gasteiger partial charge is 0.339 e. The molecule has 160 valence electrons. The van der Waals surface area contributed by atoms with Gasteiger partial charge in [-0.15, -0.1) is 0 Å². The number of nitrogens with zero attached hydrogens (tertiary/aromatic N) is 5. The summed E-state index contributed by atoms with van der Waals surface area (Å²) in [6.45, 7) is 5.96. The van der Waals surface area contributed by atoms with Crippen LogP contribution in [-0.2, 0) is 9.59 Å². The number of fused-ring (bicyclic) bond motifs is 1. The van der Waals surface area contributed by atoms with Crippen LogP contribution in [0.4, 0.5) is 0 Å². The molecule has 0 unspecified atom stereocenters. The van der Waals surface area contributed by atoms with E-state index in [1.807, 2.05) is 40.1 Å². The molecule has 0 bridgehead atoms. The molecule has 0 atom stereocenters. The third kappa shape index (κ3) is 4.61. The zero-order valence-corrected chi connectivity index (χ0v) is 18.5. The van der Waals surface area contributed by atoms with Gasteiger partial charge < -0.3 is 19.6 Å². The van der Waals surface area contributed by atoms with Gasteiger partial charge in [0, 0.05) is 63.9 Å². The summed E-state index contributed by atoms with van der Waals surface area (Å²) in [5.74, 6) is -0.182. The fourth-order valence-corrected chi connectivity index (χ4v) is 5.05. The molecule has 8 heteroatoms. The van der Waals surface area contributed by atoms with Crippen LogP contribution in [0.3, 0.4) is 0 Å². The van der Waals surface area contributed by atoms with Gasteiger partial charge in [-0.05, 0) is 25.5 Å². The maximum atomic E-state index is 13.5. The summed E-state index contributed by atoms with van der Waals surface area (Å²) in [5.41, 5.74) is 0. The van der Waals surface area contributed by atoms with Crippen LogP contribution in [0.2, 0.25) is 0 Å². The SMILES string of the molecule is CN1CCN(C(=O)C(Sc2nccc3ccccc23)C(=O)N2CCN(C)CC2)CC1. The highest BCUT2D eigenvalue weighted by molar-refractivity contribution is 8.01. The number of benzene rings is 1. The molecule has 2 saturated heterocycles. The van der Waals surface area contributed by atoms with E-state index in [0.717, 1.165) is 42.0 Å². The van der Waals surface area contributed by atoms with Gasteiger partial charge in [0.1, 0.15) is 5.03 Å². The van der Waals surface area contributed by atoms with Crippen LogP contribution in [0.25, 0.3) is 10.8 Å². The molecule has 0 spiro atoms. The number of carbonyl (C=O) groups is 2. The minimum Gasteiger partial charge on any atom is -0.339 e. The molecule has 2 aromatic rings. The second-order valence-electron chi connectivity index (χ2n) is 8.09.